The topological polar surface area (TPSA) is 62.2 Å². The Morgan fingerprint density at radius 1 is 1.05 bits per heavy atom. The summed E-state index contributed by atoms with van der Waals surface area (Å²) in [4.78, 5) is 19.0. The molecule has 2 atom stereocenters. The number of carbonyl (C=O) groups is 1. The Kier molecular flexibility index (Phi) is 7.00. The van der Waals surface area contributed by atoms with E-state index in [0.717, 1.165) is 22.8 Å². The van der Waals surface area contributed by atoms with Gasteiger partial charge >= 0.3 is 0 Å². The predicted octanol–water partition coefficient (Wildman–Crippen LogP) is 6.61. The van der Waals surface area contributed by atoms with E-state index in [0.29, 0.717) is 15.8 Å². The average Bonchev–Trinajstić information content (AvgIpc) is 3.50. The highest BCUT2D eigenvalue weighted by Gasteiger charge is 2.42. The molecular formula is C29H28ClN5OS. The smallest absolute Gasteiger partial charge is 0.226 e. The summed E-state index contributed by atoms with van der Waals surface area (Å²) >= 11 is 12.5. The first kappa shape index (κ1) is 25.0. The molecule has 2 aromatic carbocycles. The number of anilines is 2. The first-order valence-electron chi connectivity index (χ1n) is 12.2. The van der Waals surface area contributed by atoms with Gasteiger partial charge in [-0.3, -0.25) is 9.78 Å². The van der Waals surface area contributed by atoms with Gasteiger partial charge in [-0.2, -0.15) is 0 Å². The average molecular weight is 530 g/mol. The molecule has 2 N–H and O–H groups in total. The van der Waals surface area contributed by atoms with Crippen molar-refractivity contribution < 1.29 is 4.79 Å². The van der Waals surface area contributed by atoms with Gasteiger partial charge in [-0.25, -0.2) is 0 Å². The molecule has 0 saturated carbocycles. The van der Waals surface area contributed by atoms with Crippen LogP contribution in [0.2, 0.25) is 5.02 Å². The van der Waals surface area contributed by atoms with Crippen molar-refractivity contribution in [3.63, 3.8) is 0 Å². The number of hydrogen-bond acceptors (Lipinski definition) is 3. The molecule has 0 radical (unpaired) electrons. The fourth-order valence-corrected chi connectivity index (χ4v) is 5.18. The van der Waals surface area contributed by atoms with Gasteiger partial charge in [0.1, 0.15) is 6.04 Å². The highest BCUT2D eigenvalue weighted by molar-refractivity contribution is 7.80. The lowest BCUT2D eigenvalue weighted by molar-refractivity contribution is -0.118. The Balaban J connectivity index is 1.60. The maximum absolute atomic E-state index is 12.2. The van der Waals surface area contributed by atoms with Gasteiger partial charge in [-0.1, -0.05) is 43.6 Å². The van der Waals surface area contributed by atoms with Crippen LogP contribution in [0.4, 0.5) is 11.4 Å². The molecule has 37 heavy (non-hydrogen) atoms. The zero-order valence-electron chi connectivity index (χ0n) is 20.9. The van der Waals surface area contributed by atoms with Gasteiger partial charge in [-0.15, -0.1) is 0 Å². The zero-order valence-corrected chi connectivity index (χ0v) is 22.4. The van der Waals surface area contributed by atoms with Gasteiger partial charge in [0.05, 0.1) is 22.4 Å². The van der Waals surface area contributed by atoms with E-state index < -0.39 is 0 Å². The molecule has 1 saturated heterocycles. The van der Waals surface area contributed by atoms with Crippen molar-refractivity contribution in [1.29, 1.82) is 0 Å². The molecule has 0 spiro atoms. The number of nitrogens with zero attached hydrogens (tertiary/aromatic N) is 3. The molecule has 6 nitrogen and oxygen atoms in total. The second kappa shape index (κ2) is 10.4. The minimum Gasteiger partial charge on any atom is -0.351 e. The number of amides is 1. The number of halogens is 1. The molecule has 2 aromatic heterocycles. The number of nitrogens with one attached hydrogen (secondary N) is 2. The van der Waals surface area contributed by atoms with Crippen LogP contribution in [0.3, 0.4) is 0 Å². The van der Waals surface area contributed by atoms with Crippen molar-refractivity contribution >= 4 is 46.2 Å². The third-order valence-corrected chi connectivity index (χ3v) is 7.10. The molecule has 1 fully saturated rings. The number of rotatable bonds is 6. The van der Waals surface area contributed by atoms with Crippen LogP contribution >= 0.6 is 23.8 Å². The predicted molar refractivity (Wildman–Crippen MR) is 153 cm³/mol. The molecule has 4 aromatic rings. The van der Waals surface area contributed by atoms with Crippen molar-refractivity contribution in [3.05, 3.63) is 107 Å². The van der Waals surface area contributed by atoms with E-state index in [9.17, 15) is 4.79 Å². The molecule has 3 heterocycles. The van der Waals surface area contributed by atoms with Crippen LogP contribution in [-0.4, -0.2) is 20.6 Å². The van der Waals surface area contributed by atoms with Gasteiger partial charge in [0.2, 0.25) is 5.91 Å². The largest absolute Gasteiger partial charge is 0.351 e. The second-order valence-corrected chi connectivity index (χ2v) is 10.2. The first-order valence-corrected chi connectivity index (χ1v) is 13.0. The molecule has 0 bridgehead atoms. The lowest BCUT2D eigenvalue weighted by atomic mass is 10.0. The Morgan fingerprint density at radius 3 is 2.59 bits per heavy atom. The fraction of sp³-hybridized carbons (Fsp3) is 0.207. The quantitative estimate of drug-likeness (QED) is 0.275. The standard InChI is InChI=1S/C29H28ClN5OS/c1-18(2)28(36)32-23-13-12-21(17-22(23)30)35-27(26(33-29(35)37)24-10-4-5-14-31-24)25-11-7-15-34(25)20-9-6-8-19(3)16-20/h4-18,26-27H,1-3H3,(H,32,36)(H,33,37)/t26-,27-/m0/s1. The van der Waals surface area contributed by atoms with E-state index >= 15 is 0 Å². The number of hydrogen-bond donors (Lipinski definition) is 2. The van der Waals surface area contributed by atoms with Crippen molar-refractivity contribution in [2.24, 2.45) is 5.92 Å². The maximum Gasteiger partial charge on any atom is 0.226 e. The second-order valence-electron chi connectivity index (χ2n) is 9.45. The molecule has 5 rings (SSSR count). The lowest BCUT2D eigenvalue weighted by Crippen LogP contribution is -2.30. The van der Waals surface area contributed by atoms with Gasteiger partial charge < -0.3 is 20.1 Å². The Morgan fingerprint density at radius 2 is 1.89 bits per heavy atom. The summed E-state index contributed by atoms with van der Waals surface area (Å²) in [5, 5.41) is 7.42. The van der Waals surface area contributed by atoms with Crippen LogP contribution in [0.15, 0.2) is 85.2 Å². The summed E-state index contributed by atoms with van der Waals surface area (Å²) in [6, 6.07) is 23.7. The first-order chi connectivity index (χ1) is 17.8. The molecule has 8 heteroatoms. The summed E-state index contributed by atoms with van der Waals surface area (Å²) in [5.74, 6) is -0.235. The molecule has 1 aliphatic rings. The summed E-state index contributed by atoms with van der Waals surface area (Å²) in [6.07, 6.45) is 3.86. The minimum absolute atomic E-state index is 0.0860. The number of carbonyl (C=O) groups excluding carboxylic acids is 1. The van der Waals surface area contributed by atoms with Gasteiger partial charge in [-0.05, 0) is 79.3 Å². The zero-order chi connectivity index (χ0) is 26.1. The van der Waals surface area contributed by atoms with Gasteiger partial charge in [0.25, 0.3) is 0 Å². The summed E-state index contributed by atoms with van der Waals surface area (Å²) in [6.45, 7) is 5.78. The number of aromatic nitrogens is 2. The highest BCUT2D eigenvalue weighted by atomic mass is 35.5. The Hall–Kier alpha value is -3.68. The van der Waals surface area contributed by atoms with Crippen molar-refractivity contribution in [2.75, 3.05) is 10.2 Å². The minimum atomic E-state index is -0.204. The van der Waals surface area contributed by atoms with E-state index in [1.54, 1.807) is 6.20 Å². The van der Waals surface area contributed by atoms with E-state index in [2.05, 4.69) is 68.5 Å². The Bertz CT molecular complexity index is 1450. The highest BCUT2D eigenvalue weighted by Crippen LogP contribution is 2.43. The van der Waals surface area contributed by atoms with Crippen LogP contribution in [0, 0.1) is 12.8 Å². The molecule has 0 aliphatic carbocycles. The van der Waals surface area contributed by atoms with Crippen LogP contribution in [0.5, 0.6) is 0 Å². The molecule has 188 valence electrons. The summed E-state index contributed by atoms with van der Waals surface area (Å²) in [7, 11) is 0. The normalized spacial score (nSPS) is 17.2. The third kappa shape index (κ3) is 4.97. The van der Waals surface area contributed by atoms with Crippen LogP contribution in [0.25, 0.3) is 5.69 Å². The Labute approximate surface area is 227 Å². The number of benzene rings is 2. The SMILES string of the molecule is Cc1cccc(-n2cccc2[C@H]2[C@H](c3ccccn3)NC(=S)N2c2ccc(NC(=O)C(C)C)c(Cl)c2)c1. The van der Waals surface area contributed by atoms with Crippen molar-refractivity contribution in [1.82, 2.24) is 14.9 Å². The van der Waals surface area contributed by atoms with Crippen LogP contribution in [-0.2, 0) is 4.79 Å². The third-order valence-electron chi connectivity index (χ3n) is 6.47. The van der Waals surface area contributed by atoms with Crippen LogP contribution in [0.1, 0.15) is 42.9 Å². The molecule has 1 aliphatic heterocycles. The van der Waals surface area contributed by atoms with E-state index in [1.807, 2.05) is 56.3 Å². The van der Waals surface area contributed by atoms with Crippen LogP contribution < -0.4 is 15.5 Å². The lowest BCUT2D eigenvalue weighted by Gasteiger charge is -2.29. The van der Waals surface area contributed by atoms with E-state index in [-0.39, 0.29) is 23.9 Å². The van der Waals surface area contributed by atoms with E-state index in [1.165, 1.54) is 5.56 Å². The van der Waals surface area contributed by atoms with Crippen molar-refractivity contribution in [3.8, 4) is 5.69 Å². The number of aryl methyl sites for hydroxylation is 1. The van der Waals surface area contributed by atoms with Gasteiger partial charge in [0, 0.05) is 35.4 Å². The number of thiocarbonyl (C=S) groups is 1. The monoisotopic (exact) mass is 529 g/mol. The summed E-state index contributed by atoms with van der Waals surface area (Å²) < 4.78 is 2.19. The summed E-state index contributed by atoms with van der Waals surface area (Å²) in [5.41, 5.74) is 5.60. The number of pyridine rings is 1. The van der Waals surface area contributed by atoms with Crippen molar-refractivity contribution in [2.45, 2.75) is 32.9 Å². The molecule has 0 unspecified atom stereocenters. The molecule has 1 amide bonds. The fourth-order valence-electron chi connectivity index (χ4n) is 4.61. The molecular weight excluding hydrogens is 502 g/mol. The maximum atomic E-state index is 12.2. The van der Waals surface area contributed by atoms with E-state index in [4.69, 9.17) is 23.8 Å². The van der Waals surface area contributed by atoms with Gasteiger partial charge in [0.15, 0.2) is 5.11 Å².